The second kappa shape index (κ2) is 9.36. The van der Waals surface area contributed by atoms with E-state index in [0.717, 1.165) is 6.07 Å². The van der Waals surface area contributed by atoms with Gasteiger partial charge in [0.25, 0.3) is 5.91 Å². The molecule has 1 atom stereocenters. The van der Waals surface area contributed by atoms with E-state index >= 15 is 0 Å². The van der Waals surface area contributed by atoms with Gasteiger partial charge in [-0.15, -0.1) is 0 Å². The summed E-state index contributed by atoms with van der Waals surface area (Å²) in [7, 11) is 1.50. The number of benzene rings is 2. The Morgan fingerprint density at radius 3 is 2.61 bits per heavy atom. The summed E-state index contributed by atoms with van der Waals surface area (Å²) in [6.45, 7) is 3.33. The summed E-state index contributed by atoms with van der Waals surface area (Å²) < 4.78 is 15.4. The third-order valence-electron chi connectivity index (χ3n) is 3.68. The summed E-state index contributed by atoms with van der Waals surface area (Å²) in [5.74, 6) is -0.807. The molecule has 0 aliphatic rings. The van der Waals surface area contributed by atoms with E-state index in [0.29, 0.717) is 11.4 Å². The van der Waals surface area contributed by atoms with Crippen LogP contribution in [0.1, 0.15) is 24.2 Å². The van der Waals surface area contributed by atoms with Crippen LogP contribution >= 0.6 is 0 Å². The van der Waals surface area contributed by atoms with E-state index in [1.54, 1.807) is 31.2 Å². The van der Waals surface area contributed by atoms with Gasteiger partial charge >= 0.3 is 11.7 Å². The zero-order valence-electron chi connectivity index (χ0n) is 15.6. The number of rotatable bonds is 8. The molecule has 28 heavy (non-hydrogen) atoms. The highest BCUT2D eigenvalue weighted by Crippen LogP contribution is 2.28. The molecule has 0 radical (unpaired) electrons. The van der Waals surface area contributed by atoms with Crippen molar-refractivity contribution in [1.82, 2.24) is 0 Å². The third kappa shape index (κ3) is 5.19. The minimum Gasteiger partial charge on any atom is -0.497 e. The van der Waals surface area contributed by atoms with Crippen LogP contribution in [0.5, 0.6) is 11.5 Å². The van der Waals surface area contributed by atoms with Crippen LogP contribution < -0.4 is 14.8 Å². The number of nitro groups is 1. The average Bonchev–Trinajstić information content (AvgIpc) is 2.68. The van der Waals surface area contributed by atoms with Crippen LogP contribution in [0, 0.1) is 10.1 Å². The fourth-order valence-corrected chi connectivity index (χ4v) is 2.29. The minimum atomic E-state index is -1.12. The molecular formula is C19H20N2O7. The van der Waals surface area contributed by atoms with Crippen LogP contribution in [-0.4, -0.2) is 36.6 Å². The van der Waals surface area contributed by atoms with Crippen LogP contribution in [-0.2, 0) is 9.53 Å². The summed E-state index contributed by atoms with van der Waals surface area (Å²) in [4.78, 5) is 35.0. The molecule has 0 aromatic heterocycles. The zero-order chi connectivity index (χ0) is 20.7. The van der Waals surface area contributed by atoms with Gasteiger partial charge in [-0.05, 0) is 38.1 Å². The molecule has 148 valence electrons. The minimum absolute atomic E-state index is 0.0490. The lowest BCUT2D eigenvalue weighted by Gasteiger charge is -2.14. The van der Waals surface area contributed by atoms with E-state index in [-0.39, 0.29) is 23.6 Å². The summed E-state index contributed by atoms with van der Waals surface area (Å²) in [6, 6.07) is 10.4. The molecule has 1 N–H and O–H groups in total. The number of nitrogens with one attached hydrogen (secondary N) is 1. The second-order valence-electron chi connectivity index (χ2n) is 5.64. The highest BCUT2D eigenvalue weighted by atomic mass is 16.6. The van der Waals surface area contributed by atoms with Crippen LogP contribution in [0.3, 0.4) is 0 Å². The second-order valence-corrected chi connectivity index (χ2v) is 5.64. The molecule has 0 unspecified atom stereocenters. The topological polar surface area (TPSA) is 117 Å². The SMILES string of the molecule is CCOc1ccc(C(=O)O[C@@H](C)C(=O)Nc2cccc(OC)c2)cc1[N+](=O)[O-]. The highest BCUT2D eigenvalue weighted by molar-refractivity contribution is 5.97. The first-order valence-electron chi connectivity index (χ1n) is 8.42. The van der Waals surface area contributed by atoms with E-state index in [1.165, 1.54) is 26.2 Å². The van der Waals surface area contributed by atoms with E-state index in [4.69, 9.17) is 14.2 Å². The van der Waals surface area contributed by atoms with Gasteiger partial charge in [-0.1, -0.05) is 6.07 Å². The quantitative estimate of drug-likeness (QED) is 0.419. The molecule has 0 saturated carbocycles. The van der Waals surface area contributed by atoms with Crippen LogP contribution in [0.15, 0.2) is 42.5 Å². The number of amides is 1. The summed E-state index contributed by atoms with van der Waals surface area (Å²) >= 11 is 0. The highest BCUT2D eigenvalue weighted by Gasteiger charge is 2.23. The van der Waals surface area contributed by atoms with Crippen molar-refractivity contribution >= 4 is 23.3 Å². The van der Waals surface area contributed by atoms with Crippen molar-refractivity contribution in [2.75, 3.05) is 19.0 Å². The Morgan fingerprint density at radius 2 is 1.96 bits per heavy atom. The van der Waals surface area contributed by atoms with Gasteiger partial charge in [-0.25, -0.2) is 4.79 Å². The Kier molecular flexibility index (Phi) is 6.91. The maximum atomic E-state index is 12.3. The molecular weight excluding hydrogens is 368 g/mol. The van der Waals surface area contributed by atoms with Crippen molar-refractivity contribution < 1.29 is 28.7 Å². The molecule has 2 aromatic rings. The monoisotopic (exact) mass is 388 g/mol. The Morgan fingerprint density at radius 1 is 1.21 bits per heavy atom. The first kappa shape index (κ1) is 20.7. The zero-order valence-corrected chi connectivity index (χ0v) is 15.6. The fourth-order valence-electron chi connectivity index (χ4n) is 2.29. The molecule has 0 saturated heterocycles. The number of hydrogen-bond donors (Lipinski definition) is 1. The van der Waals surface area contributed by atoms with Gasteiger partial charge in [-0.3, -0.25) is 14.9 Å². The number of nitrogens with zero attached hydrogens (tertiary/aromatic N) is 1. The van der Waals surface area contributed by atoms with Crippen LogP contribution in [0.25, 0.3) is 0 Å². The van der Waals surface area contributed by atoms with Gasteiger partial charge in [-0.2, -0.15) is 0 Å². The number of esters is 1. The Labute approximate surface area is 161 Å². The number of hydrogen-bond acceptors (Lipinski definition) is 7. The number of carbonyl (C=O) groups is 2. The predicted octanol–water partition coefficient (Wildman–Crippen LogP) is 3.19. The molecule has 0 spiro atoms. The summed E-state index contributed by atoms with van der Waals surface area (Å²) in [6.07, 6.45) is -1.12. The van der Waals surface area contributed by atoms with Gasteiger partial charge in [0.05, 0.1) is 24.2 Å². The van der Waals surface area contributed by atoms with E-state index in [2.05, 4.69) is 5.32 Å². The maximum Gasteiger partial charge on any atom is 0.339 e. The standard InChI is InChI=1S/C19H20N2O7/c1-4-27-17-9-8-13(10-16(17)21(24)25)19(23)28-12(2)18(22)20-14-6-5-7-15(11-14)26-3/h5-12H,4H2,1-3H3,(H,20,22)/t12-/m0/s1. The van der Waals surface area contributed by atoms with Crippen molar-refractivity contribution in [3.8, 4) is 11.5 Å². The maximum absolute atomic E-state index is 12.3. The van der Waals surface area contributed by atoms with Gasteiger partial charge in [0.2, 0.25) is 0 Å². The summed E-state index contributed by atoms with van der Waals surface area (Å²) in [5.41, 5.74) is 0.0601. The molecule has 0 aliphatic heterocycles. The Hall–Kier alpha value is -3.62. The number of nitro benzene ring substituents is 1. The van der Waals surface area contributed by atoms with Crippen molar-refractivity contribution in [2.45, 2.75) is 20.0 Å². The molecule has 0 heterocycles. The Bertz CT molecular complexity index is 882. The molecule has 9 nitrogen and oxygen atoms in total. The number of carbonyl (C=O) groups excluding carboxylic acids is 2. The van der Waals surface area contributed by atoms with Gasteiger partial charge in [0, 0.05) is 17.8 Å². The number of anilines is 1. The Balaban J connectivity index is 2.07. The van der Waals surface area contributed by atoms with Crippen LogP contribution in [0.2, 0.25) is 0 Å². The smallest absolute Gasteiger partial charge is 0.339 e. The fraction of sp³-hybridized carbons (Fsp3) is 0.263. The lowest BCUT2D eigenvalue weighted by Crippen LogP contribution is -2.30. The lowest BCUT2D eigenvalue weighted by molar-refractivity contribution is -0.385. The van der Waals surface area contributed by atoms with Crippen molar-refractivity contribution in [1.29, 1.82) is 0 Å². The molecule has 0 fully saturated rings. The number of ether oxygens (including phenoxy) is 3. The van der Waals surface area contributed by atoms with Gasteiger partial charge < -0.3 is 19.5 Å². The van der Waals surface area contributed by atoms with Crippen molar-refractivity contribution in [3.05, 3.63) is 58.1 Å². The van der Waals surface area contributed by atoms with E-state index in [9.17, 15) is 19.7 Å². The normalized spacial score (nSPS) is 11.2. The van der Waals surface area contributed by atoms with Gasteiger partial charge in [0.1, 0.15) is 5.75 Å². The molecule has 1 amide bonds. The third-order valence-corrected chi connectivity index (χ3v) is 3.68. The molecule has 0 bridgehead atoms. The summed E-state index contributed by atoms with van der Waals surface area (Å²) in [5, 5.41) is 13.8. The van der Waals surface area contributed by atoms with Gasteiger partial charge in [0.15, 0.2) is 11.9 Å². The molecule has 2 aromatic carbocycles. The first-order valence-corrected chi connectivity index (χ1v) is 8.42. The first-order chi connectivity index (χ1) is 13.3. The van der Waals surface area contributed by atoms with E-state index < -0.39 is 22.9 Å². The largest absolute Gasteiger partial charge is 0.497 e. The van der Waals surface area contributed by atoms with Crippen molar-refractivity contribution in [3.63, 3.8) is 0 Å². The molecule has 2 rings (SSSR count). The van der Waals surface area contributed by atoms with Crippen molar-refractivity contribution in [2.24, 2.45) is 0 Å². The molecule has 0 aliphatic carbocycles. The molecule has 9 heteroatoms. The van der Waals surface area contributed by atoms with E-state index in [1.807, 2.05) is 0 Å². The lowest BCUT2D eigenvalue weighted by atomic mass is 10.2. The average molecular weight is 388 g/mol. The van der Waals surface area contributed by atoms with Crippen LogP contribution in [0.4, 0.5) is 11.4 Å². The number of methoxy groups -OCH3 is 1. The predicted molar refractivity (Wildman–Crippen MR) is 101 cm³/mol.